The van der Waals surface area contributed by atoms with E-state index in [1.807, 2.05) is 6.92 Å². The maximum absolute atomic E-state index is 11.3. The fraction of sp³-hybridized carbons (Fsp3) is 0.786. The van der Waals surface area contributed by atoms with Gasteiger partial charge in [0.25, 0.3) is 0 Å². The molecule has 0 spiro atoms. The average Bonchev–Trinajstić information content (AvgIpc) is 2.76. The van der Waals surface area contributed by atoms with Crippen LogP contribution in [-0.2, 0) is 13.5 Å². The molecular weight excluding hydrogens is 270 g/mol. The van der Waals surface area contributed by atoms with Gasteiger partial charge in [-0.05, 0) is 33.1 Å². The molecule has 1 aliphatic heterocycles. The number of aromatic nitrogens is 2. The Hall–Kier alpha value is -1.63. The topological polar surface area (TPSA) is 76.2 Å². The van der Waals surface area contributed by atoms with E-state index in [0.29, 0.717) is 24.0 Å². The molecule has 1 aromatic heterocycles. The van der Waals surface area contributed by atoms with Crippen molar-refractivity contribution in [3.8, 4) is 0 Å². The fourth-order valence-electron chi connectivity index (χ4n) is 2.91. The standard InChI is InChI=1S/C14H25N5O2/c1-5-12-13(19(20)21)14(17(4)16-12)15-11-6-8-18(9-7-11)10(2)3/h10-11,15H,5-9H2,1-4H3. The van der Waals surface area contributed by atoms with E-state index in [9.17, 15) is 10.1 Å². The third kappa shape index (κ3) is 3.34. The van der Waals surface area contributed by atoms with E-state index < -0.39 is 0 Å². The van der Waals surface area contributed by atoms with E-state index in [4.69, 9.17) is 0 Å². The van der Waals surface area contributed by atoms with E-state index in [-0.39, 0.29) is 16.7 Å². The van der Waals surface area contributed by atoms with Crippen molar-refractivity contribution >= 4 is 11.5 Å². The van der Waals surface area contributed by atoms with Crippen LogP contribution < -0.4 is 5.32 Å². The molecule has 1 N–H and O–H groups in total. The first kappa shape index (κ1) is 15.8. The fourth-order valence-corrected chi connectivity index (χ4v) is 2.91. The molecule has 21 heavy (non-hydrogen) atoms. The molecule has 118 valence electrons. The van der Waals surface area contributed by atoms with Gasteiger partial charge in [0, 0.05) is 32.2 Å². The third-order valence-electron chi connectivity index (χ3n) is 4.21. The predicted molar refractivity (Wildman–Crippen MR) is 82.6 cm³/mol. The Kier molecular flexibility index (Phi) is 4.82. The van der Waals surface area contributed by atoms with Crippen molar-refractivity contribution in [1.82, 2.24) is 14.7 Å². The van der Waals surface area contributed by atoms with Crippen molar-refractivity contribution < 1.29 is 4.92 Å². The van der Waals surface area contributed by atoms with Crippen LogP contribution in [0.1, 0.15) is 39.3 Å². The zero-order valence-electron chi connectivity index (χ0n) is 13.3. The molecule has 0 aromatic carbocycles. The number of anilines is 1. The van der Waals surface area contributed by atoms with Crippen LogP contribution in [0.3, 0.4) is 0 Å². The molecule has 1 saturated heterocycles. The Balaban J connectivity index is 2.10. The van der Waals surface area contributed by atoms with Gasteiger partial charge in [-0.25, -0.2) is 4.68 Å². The zero-order chi connectivity index (χ0) is 15.6. The average molecular weight is 295 g/mol. The maximum atomic E-state index is 11.3. The van der Waals surface area contributed by atoms with E-state index in [2.05, 4.69) is 29.2 Å². The van der Waals surface area contributed by atoms with Crippen LogP contribution in [0.2, 0.25) is 0 Å². The lowest BCUT2D eigenvalue weighted by Gasteiger charge is -2.35. The summed E-state index contributed by atoms with van der Waals surface area (Å²) in [6, 6.07) is 0.836. The maximum Gasteiger partial charge on any atom is 0.333 e. The minimum atomic E-state index is -0.322. The second-order valence-electron chi connectivity index (χ2n) is 5.93. The van der Waals surface area contributed by atoms with Gasteiger partial charge in [0.1, 0.15) is 5.69 Å². The highest BCUT2D eigenvalue weighted by Crippen LogP contribution is 2.30. The molecule has 2 rings (SSSR count). The normalized spacial score (nSPS) is 17.4. The molecule has 2 heterocycles. The summed E-state index contributed by atoms with van der Waals surface area (Å²) in [4.78, 5) is 13.4. The molecule has 0 bridgehead atoms. The first-order valence-electron chi connectivity index (χ1n) is 7.64. The van der Waals surface area contributed by atoms with Crippen molar-refractivity contribution in [2.75, 3.05) is 18.4 Å². The van der Waals surface area contributed by atoms with Gasteiger partial charge in [0.05, 0.1) is 4.92 Å². The van der Waals surface area contributed by atoms with Gasteiger partial charge in [-0.1, -0.05) is 6.92 Å². The molecule has 0 unspecified atom stereocenters. The summed E-state index contributed by atoms with van der Waals surface area (Å²) in [6.07, 6.45) is 2.57. The quantitative estimate of drug-likeness (QED) is 0.665. The molecule has 0 atom stereocenters. The van der Waals surface area contributed by atoms with Crippen molar-refractivity contribution in [2.24, 2.45) is 7.05 Å². The molecule has 1 aliphatic rings. The minimum Gasteiger partial charge on any atom is -0.362 e. The van der Waals surface area contributed by atoms with Gasteiger partial charge in [0.2, 0.25) is 5.82 Å². The second-order valence-corrected chi connectivity index (χ2v) is 5.93. The Morgan fingerprint density at radius 3 is 2.52 bits per heavy atom. The molecule has 0 saturated carbocycles. The SMILES string of the molecule is CCc1nn(C)c(NC2CCN(C(C)C)CC2)c1[N+](=O)[O-]. The highest BCUT2D eigenvalue weighted by atomic mass is 16.6. The van der Waals surface area contributed by atoms with E-state index in [1.54, 1.807) is 11.7 Å². The van der Waals surface area contributed by atoms with Crippen molar-refractivity contribution in [2.45, 2.75) is 52.1 Å². The summed E-state index contributed by atoms with van der Waals surface area (Å²) >= 11 is 0. The number of hydrogen-bond donors (Lipinski definition) is 1. The number of likely N-dealkylation sites (tertiary alicyclic amines) is 1. The van der Waals surface area contributed by atoms with Crippen LogP contribution in [0.4, 0.5) is 11.5 Å². The molecule has 7 heteroatoms. The minimum absolute atomic E-state index is 0.131. The lowest BCUT2D eigenvalue weighted by Crippen LogP contribution is -2.42. The number of piperidine rings is 1. The van der Waals surface area contributed by atoms with E-state index >= 15 is 0 Å². The van der Waals surface area contributed by atoms with Gasteiger partial charge < -0.3 is 10.2 Å². The van der Waals surface area contributed by atoms with E-state index in [0.717, 1.165) is 25.9 Å². The monoisotopic (exact) mass is 295 g/mol. The van der Waals surface area contributed by atoms with Gasteiger partial charge in [-0.3, -0.25) is 10.1 Å². The summed E-state index contributed by atoms with van der Waals surface area (Å²) in [5.41, 5.74) is 0.677. The molecule has 0 aliphatic carbocycles. The van der Waals surface area contributed by atoms with Crippen LogP contribution in [0.25, 0.3) is 0 Å². The first-order valence-corrected chi connectivity index (χ1v) is 7.64. The number of hydrogen-bond acceptors (Lipinski definition) is 5. The van der Waals surface area contributed by atoms with Gasteiger partial charge in [-0.15, -0.1) is 0 Å². The molecule has 7 nitrogen and oxygen atoms in total. The predicted octanol–water partition coefficient (Wildman–Crippen LogP) is 2.18. The second kappa shape index (κ2) is 6.43. The Morgan fingerprint density at radius 1 is 1.43 bits per heavy atom. The molecule has 0 amide bonds. The Labute approximate surface area is 125 Å². The number of nitrogens with one attached hydrogen (secondary N) is 1. The lowest BCUT2D eigenvalue weighted by atomic mass is 10.0. The molecule has 1 fully saturated rings. The largest absolute Gasteiger partial charge is 0.362 e. The number of nitro groups is 1. The van der Waals surface area contributed by atoms with Crippen LogP contribution in [0, 0.1) is 10.1 Å². The summed E-state index contributed by atoms with van der Waals surface area (Å²) in [5, 5.41) is 18.9. The van der Waals surface area contributed by atoms with E-state index in [1.165, 1.54) is 0 Å². The summed E-state index contributed by atoms with van der Waals surface area (Å²) in [7, 11) is 1.76. The van der Waals surface area contributed by atoms with Gasteiger partial charge >= 0.3 is 5.69 Å². The third-order valence-corrected chi connectivity index (χ3v) is 4.21. The van der Waals surface area contributed by atoms with Crippen molar-refractivity contribution in [1.29, 1.82) is 0 Å². The first-order chi connectivity index (χ1) is 9.93. The highest BCUT2D eigenvalue weighted by molar-refractivity contribution is 5.60. The van der Waals surface area contributed by atoms with Crippen LogP contribution >= 0.6 is 0 Å². The highest BCUT2D eigenvalue weighted by Gasteiger charge is 2.29. The van der Waals surface area contributed by atoms with Gasteiger partial charge in [-0.2, -0.15) is 5.10 Å². The Morgan fingerprint density at radius 2 is 2.05 bits per heavy atom. The number of nitrogens with zero attached hydrogens (tertiary/aromatic N) is 4. The van der Waals surface area contributed by atoms with Crippen molar-refractivity contribution in [3.63, 3.8) is 0 Å². The van der Waals surface area contributed by atoms with Crippen molar-refractivity contribution in [3.05, 3.63) is 15.8 Å². The summed E-state index contributed by atoms with van der Waals surface area (Å²) in [5.74, 6) is 0.542. The number of aryl methyl sites for hydroxylation is 2. The number of rotatable bonds is 5. The molecule has 1 aromatic rings. The lowest BCUT2D eigenvalue weighted by molar-refractivity contribution is -0.384. The van der Waals surface area contributed by atoms with Crippen LogP contribution in [-0.4, -0.2) is 44.8 Å². The smallest absolute Gasteiger partial charge is 0.333 e. The molecule has 0 radical (unpaired) electrons. The molecular formula is C14H25N5O2. The van der Waals surface area contributed by atoms with Gasteiger partial charge in [0.15, 0.2) is 0 Å². The van der Waals surface area contributed by atoms with Crippen LogP contribution in [0.5, 0.6) is 0 Å². The Bertz CT molecular complexity index is 504. The summed E-state index contributed by atoms with van der Waals surface area (Å²) < 4.78 is 1.60. The summed E-state index contributed by atoms with van der Waals surface area (Å²) in [6.45, 7) is 8.35. The zero-order valence-corrected chi connectivity index (χ0v) is 13.3. The van der Waals surface area contributed by atoms with Crippen LogP contribution in [0.15, 0.2) is 0 Å².